The van der Waals surface area contributed by atoms with Crippen LogP contribution < -0.4 is 10.6 Å². The van der Waals surface area contributed by atoms with Crippen molar-refractivity contribution in [1.29, 1.82) is 0 Å². The summed E-state index contributed by atoms with van der Waals surface area (Å²) < 4.78 is 7.59. The van der Waals surface area contributed by atoms with Gasteiger partial charge in [-0.25, -0.2) is 4.68 Å². The van der Waals surface area contributed by atoms with Crippen LogP contribution in [0.2, 0.25) is 0 Å². The SMILES string of the molecule is Cc1c(C(=O)NCCCCOCCc2ccccc2)nnn1C1CCNCC1. The Hall–Kier alpha value is -2.25. The summed E-state index contributed by atoms with van der Waals surface area (Å²) >= 11 is 0. The van der Waals surface area contributed by atoms with Gasteiger partial charge in [-0.15, -0.1) is 5.10 Å². The number of nitrogens with one attached hydrogen (secondary N) is 2. The van der Waals surface area contributed by atoms with Gasteiger partial charge in [-0.3, -0.25) is 4.79 Å². The molecule has 2 aromatic rings. The highest BCUT2D eigenvalue weighted by Gasteiger charge is 2.22. The maximum absolute atomic E-state index is 12.4. The van der Waals surface area contributed by atoms with Crippen molar-refractivity contribution in [3.63, 3.8) is 0 Å². The summed E-state index contributed by atoms with van der Waals surface area (Å²) in [5.74, 6) is -0.136. The summed E-state index contributed by atoms with van der Waals surface area (Å²) in [6, 6.07) is 10.7. The number of benzene rings is 1. The number of carbonyl (C=O) groups excluding carboxylic acids is 1. The van der Waals surface area contributed by atoms with E-state index in [0.29, 0.717) is 24.9 Å². The molecule has 0 saturated carbocycles. The van der Waals surface area contributed by atoms with Crippen molar-refractivity contribution in [1.82, 2.24) is 25.6 Å². The summed E-state index contributed by atoms with van der Waals surface area (Å²) in [5.41, 5.74) is 2.59. The molecular formula is C21H31N5O2. The van der Waals surface area contributed by atoms with E-state index in [0.717, 1.165) is 57.5 Å². The van der Waals surface area contributed by atoms with Crippen LogP contribution in [0.4, 0.5) is 0 Å². The molecule has 3 rings (SSSR count). The van der Waals surface area contributed by atoms with E-state index in [1.807, 2.05) is 29.8 Å². The topological polar surface area (TPSA) is 81.1 Å². The standard InChI is InChI=1S/C21H31N5O2/c1-17-20(24-25-26(17)19-9-13-22-14-10-19)21(27)23-12-5-6-15-28-16-11-18-7-3-2-4-8-18/h2-4,7-8,19,22H,5-6,9-16H2,1H3,(H,23,27). The molecule has 1 saturated heterocycles. The Morgan fingerprint density at radius 3 is 2.79 bits per heavy atom. The zero-order valence-electron chi connectivity index (χ0n) is 16.7. The fraction of sp³-hybridized carbons (Fsp3) is 0.571. The molecule has 0 radical (unpaired) electrons. The van der Waals surface area contributed by atoms with Crippen molar-refractivity contribution in [2.75, 3.05) is 32.8 Å². The number of amides is 1. The van der Waals surface area contributed by atoms with Gasteiger partial charge in [-0.05, 0) is 57.7 Å². The zero-order valence-corrected chi connectivity index (χ0v) is 16.7. The molecule has 2 N–H and O–H groups in total. The average molecular weight is 386 g/mol. The number of hydrogen-bond donors (Lipinski definition) is 2. The molecule has 1 amide bonds. The molecule has 0 bridgehead atoms. The summed E-state index contributed by atoms with van der Waals surface area (Å²) in [5, 5.41) is 14.6. The minimum atomic E-state index is -0.136. The Labute approximate surface area is 166 Å². The Kier molecular flexibility index (Phi) is 7.99. The van der Waals surface area contributed by atoms with Crippen LogP contribution in [0.15, 0.2) is 30.3 Å². The predicted molar refractivity (Wildman–Crippen MR) is 108 cm³/mol. The number of aromatic nitrogens is 3. The molecule has 0 spiro atoms. The van der Waals surface area contributed by atoms with E-state index in [-0.39, 0.29) is 5.91 Å². The molecule has 2 heterocycles. The monoisotopic (exact) mass is 385 g/mol. The van der Waals surface area contributed by atoms with Crippen LogP contribution in [0.5, 0.6) is 0 Å². The van der Waals surface area contributed by atoms with Crippen molar-refractivity contribution >= 4 is 5.91 Å². The lowest BCUT2D eigenvalue weighted by atomic mass is 10.1. The maximum Gasteiger partial charge on any atom is 0.273 e. The van der Waals surface area contributed by atoms with Crippen molar-refractivity contribution in [3.05, 3.63) is 47.3 Å². The number of rotatable bonds is 10. The van der Waals surface area contributed by atoms with Crippen molar-refractivity contribution in [2.24, 2.45) is 0 Å². The van der Waals surface area contributed by atoms with Crippen molar-refractivity contribution in [3.8, 4) is 0 Å². The van der Waals surface area contributed by atoms with E-state index in [4.69, 9.17) is 4.74 Å². The van der Waals surface area contributed by atoms with E-state index < -0.39 is 0 Å². The molecule has 152 valence electrons. The molecule has 0 atom stereocenters. The first-order valence-electron chi connectivity index (χ1n) is 10.3. The summed E-state index contributed by atoms with van der Waals surface area (Å²) in [7, 11) is 0. The lowest BCUT2D eigenvalue weighted by Gasteiger charge is -2.23. The molecule has 1 aliphatic rings. The van der Waals surface area contributed by atoms with Crippen LogP contribution in [0.25, 0.3) is 0 Å². The minimum absolute atomic E-state index is 0.136. The summed E-state index contributed by atoms with van der Waals surface area (Å²) in [6.45, 7) is 5.97. The molecule has 7 nitrogen and oxygen atoms in total. The van der Waals surface area contributed by atoms with Crippen LogP contribution in [-0.2, 0) is 11.2 Å². The molecule has 7 heteroatoms. The van der Waals surface area contributed by atoms with Crippen LogP contribution in [0.1, 0.15) is 53.5 Å². The van der Waals surface area contributed by atoms with Crippen LogP contribution >= 0.6 is 0 Å². The predicted octanol–water partition coefficient (Wildman–Crippen LogP) is 2.28. The van der Waals surface area contributed by atoms with E-state index in [9.17, 15) is 4.79 Å². The van der Waals surface area contributed by atoms with Gasteiger partial charge in [0.25, 0.3) is 5.91 Å². The van der Waals surface area contributed by atoms with E-state index in [1.165, 1.54) is 5.56 Å². The lowest BCUT2D eigenvalue weighted by molar-refractivity contribution is 0.0943. The second-order valence-electron chi connectivity index (χ2n) is 7.26. The van der Waals surface area contributed by atoms with E-state index in [1.54, 1.807) is 0 Å². The van der Waals surface area contributed by atoms with Gasteiger partial charge in [0.1, 0.15) is 0 Å². The minimum Gasteiger partial charge on any atom is -0.381 e. The summed E-state index contributed by atoms with van der Waals surface area (Å²) in [6.07, 6.45) is 4.79. The number of nitrogens with zero attached hydrogens (tertiary/aromatic N) is 3. The second kappa shape index (κ2) is 10.9. The van der Waals surface area contributed by atoms with Crippen molar-refractivity contribution in [2.45, 2.75) is 45.1 Å². The number of unbranched alkanes of at least 4 members (excludes halogenated alkanes) is 1. The van der Waals surface area contributed by atoms with E-state index in [2.05, 4.69) is 33.1 Å². The first-order valence-corrected chi connectivity index (χ1v) is 10.3. The first-order chi connectivity index (χ1) is 13.8. The second-order valence-corrected chi connectivity index (χ2v) is 7.26. The fourth-order valence-corrected chi connectivity index (χ4v) is 3.50. The van der Waals surface area contributed by atoms with E-state index >= 15 is 0 Å². The number of carbonyl (C=O) groups is 1. The molecule has 1 aromatic carbocycles. The molecule has 1 aliphatic heterocycles. The zero-order chi connectivity index (χ0) is 19.6. The fourth-order valence-electron chi connectivity index (χ4n) is 3.50. The molecule has 1 aromatic heterocycles. The molecule has 1 fully saturated rings. The Morgan fingerprint density at radius 2 is 2.00 bits per heavy atom. The van der Waals surface area contributed by atoms with Gasteiger partial charge in [-0.1, -0.05) is 35.5 Å². The third kappa shape index (κ3) is 5.87. The van der Waals surface area contributed by atoms with Crippen LogP contribution in [0, 0.1) is 6.92 Å². The smallest absolute Gasteiger partial charge is 0.273 e. The Morgan fingerprint density at radius 1 is 1.21 bits per heavy atom. The Balaban J connectivity index is 1.30. The first kappa shape index (κ1) is 20.5. The lowest BCUT2D eigenvalue weighted by Crippen LogP contribution is -2.30. The van der Waals surface area contributed by atoms with Crippen LogP contribution in [-0.4, -0.2) is 53.7 Å². The van der Waals surface area contributed by atoms with Crippen molar-refractivity contribution < 1.29 is 9.53 Å². The molecular weight excluding hydrogens is 354 g/mol. The van der Waals surface area contributed by atoms with Gasteiger partial charge >= 0.3 is 0 Å². The quantitative estimate of drug-likeness (QED) is 0.613. The normalized spacial score (nSPS) is 14.9. The van der Waals surface area contributed by atoms with Crippen LogP contribution in [0.3, 0.4) is 0 Å². The molecule has 0 unspecified atom stereocenters. The van der Waals surface area contributed by atoms with Gasteiger partial charge < -0.3 is 15.4 Å². The molecule has 0 aliphatic carbocycles. The van der Waals surface area contributed by atoms with Gasteiger partial charge in [0.15, 0.2) is 5.69 Å². The third-order valence-electron chi connectivity index (χ3n) is 5.18. The number of hydrogen-bond acceptors (Lipinski definition) is 5. The molecule has 28 heavy (non-hydrogen) atoms. The van der Waals surface area contributed by atoms with Gasteiger partial charge in [0.2, 0.25) is 0 Å². The largest absolute Gasteiger partial charge is 0.381 e. The highest BCUT2D eigenvalue weighted by Crippen LogP contribution is 2.20. The Bertz CT molecular complexity index is 726. The number of piperidine rings is 1. The third-order valence-corrected chi connectivity index (χ3v) is 5.18. The van der Waals surface area contributed by atoms with Gasteiger partial charge in [-0.2, -0.15) is 0 Å². The average Bonchev–Trinajstić information content (AvgIpc) is 3.12. The number of ether oxygens (including phenoxy) is 1. The maximum atomic E-state index is 12.4. The highest BCUT2D eigenvalue weighted by molar-refractivity contribution is 5.93. The van der Waals surface area contributed by atoms with Gasteiger partial charge in [0, 0.05) is 13.2 Å². The van der Waals surface area contributed by atoms with Gasteiger partial charge in [0.05, 0.1) is 18.3 Å². The summed E-state index contributed by atoms with van der Waals surface area (Å²) in [4.78, 5) is 12.4. The highest BCUT2D eigenvalue weighted by atomic mass is 16.5.